The number of nitrogens with one attached hydrogen (secondary N) is 2. The second kappa shape index (κ2) is 10.9. The van der Waals surface area contributed by atoms with Gasteiger partial charge in [-0.2, -0.15) is 0 Å². The summed E-state index contributed by atoms with van der Waals surface area (Å²) in [7, 11) is 0. The molecule has 0 aliphatic carbocycles. The summed E-state index contributed by atoms with van der Waals surface area (Å²) in [4.78, 5) is 51.3. The number of carbonyl (C=O) groups is 4. The molecule has 3 rings (SSSR count). The van der Waals surface area contributed by atoms with Crippen LogP contribution in [0.15, 0.2) is 59.5 Å². The van der Waals surface area contributed by atoms with Gasteiger partial charge in [0.2, 0.25) is 5.91 Å². The number of rotatable bonds is 8. The predicted octanol–water partition coefficient (Wildman–Crippen LogP) is 3.43. The summed E-state index contributed by atoms with van der Waals surface area (Å²) < 4.78 is 13.1. The van der Waals surface area contributed by atoms with Crippen LogP contribution in [0.4, 0.5) is 9.18 Å². The molecule has 172 valence electrons. The number of thioether (sulfide) groups is 1. The summed E-state index contributed by atoms with van der Waals surface area (Å²) in [6, 6.07) is 13.4. The van der Waals surface area contributed by atoms with E-state index in [-0.39, 0.29) is 24.6 Å². The molecule has 0 bridgehead atoms. The van der Waals surface area contributed by atoms with Gasteiger partial charge in [-0.05, 0) is 53.6 Å². The Morgan fingerprint density at radius 3 is 2.36 bits per heavy atom. The number of halogens is 1. The van der Waals surface area contributed by atoms with E-state index in [0.29, 0.717) is 4.91 Å². The van der Waals surface area contributed by atoms with Crippen molar-refractivity contribution in [2.75, 3.05) is 13.1 Å². The molecule has 1 aliphatic heterocycles. The maximum Gasteiger partial charge on any atom is 0.293 e. The molecule has 1 heterocycles. The van der Waals surface area contributed by atoms with Gasteiger partial charge < -0.3 is 10.6 Å². The molecule has 1 atom stereocenters. The number of nitrogens with zero attached hydrogens (tertiary/aromatic N) is 1. The van der Waals surface area contributed by atoms with E-state index in [9.17, 15) is 23.6 Å². The Bertz CT molecular complexity index is 1070. The van der Waals surface area contributed by atoms with E-state index in [1.165, 1.54) is 24.3 Å². The summed E-state index contributed by atoms with van der Waals surface area (Å²) >= 11 is 0.856. The van der Waals surface area contributed by atoms with Gasteiger partial charge in [0.05, 0.1) is 4.91 Å². The standard InChI is InChI=1S/C24H24FN3O4S/c1-15(2)20(27-21(29)17-8-10-18(25)11-9-17)22(30)26-12-13-28-23(31)19(33-24(28)32)14-16-6-4-3-5-7-16/h3-11,14-15,20H,12-13H2,1-2H3,(H,26,30)(H,27,29). The van der Waals surface area contributed by atoms with E-state index in [1.54, 1.807) is 19.9 Å². The summed E-state index contributed by atoms with van der Waals surface area (Å²) in [5, 5.41) is 4.92. The van der Waals surface area contributed by atoms with Gasteiger partial charge in [0, 0.05) is 18.7 Å². The lowest BCUT2D eigenvalue weighted by molar-refractivity contribution is -0.125. The molecule has 1 fully saturated rings. The number of carbonyl (C=O) groups excluding carboxylic acids is 4. The average molecular weight is 470 g/mol. The van der Waals surface area contributed by atoms with E-state index in [4.69, 9.17) is 0 Å². The SMILES string of the molecule is CC(C)C(NC(=O)c1ccc(F)cc1)C(=O)NCCN1C(=O)SC(=Cc2ccccc2)C1=O. The number of hydrogen-bond donors (Lipinski definition) is 2. The molecule has 1 aliphatic rings. The summed E-state index contributed by atoms with van der Waals surface area (Å²) in [5.74, 6) is -2.03. The van der Waals surface area contributed by atoms with E-state index < -0.39 is 34.8 Å². The lowest BCUT2D eigenvalue weighted by Gasteiger charge is -2.22. The minimum absolute atomic E-state index is 0.0132. The monoisotopic (exact) mass is 469 g/mol. The Morgan fingerprint density at radius 1 is 1.06 bits per heavy atom. The van der Waals surface area contributed by atoms with E-state index >= 15 is 0 Å². The Labute approximate surface area is 195 Å². The topological polar surface area (TPSA) is 95.6 Å². The van der Waals surface area contributed by atoms with Crippen molar-refractivity contribution in [3.8, 4) is 0 Å². The van der Waals surface area contributed by atoms with E-state index in [1.807, 2.05) is 30.3 Å². The van der Waals surface area contributed by atoms with E-state index in [2.05, 4.69) is 10.6 Å². The molecule has 0 saturated carbocycles. The van der Waals surface area contributed by atoms with Gasteiger partial charge in [0.1, 0.15) is 11.9 Å². The van der Waals surface area contributed by atoms with Crippen LogP contribution in [0.5, 0.6) is 0 Å². The van der Waals surface area contributed by atoms with Crippen LogP contribution in [0.1, 0.15) is 29.8 Å². The number of benzene rings is 2. The van der Waals surface area contributed by atoms with Crippen molar-refractivity contribution in [1.29, 1.82) is 0 Å². The van der Waals surface area contributed by atoms with Gasteiger partial charge in [-0.3, -0.25) is 24.1 Å². The van der Waals surface area contributed by atoms with Crippen molar-refractivity contribution < 1.29 is 23.6 Å². The van der Waals surface area contributed by atoms with Crippen LogP contribution in [0, 0.1) is 11.7 Å². The fourth-order valence-electron chi connectivity index (χ4n) is 3.16. The third-order valence-corrected chi connectivity index (χ3v) is 5.86. The van der Waals surface area contributed by atoms with Gasteiger partial charge in [0.25, 0.3) is 17.1 Å². The van der Waals surface area contributed by atoms with Crippen molar-refractivity contribution in [2.45, 2.75) is 19.9 Å². The fourth-order valence-corrected chi connectivity index (χ4v) is 4.02. The number of amides is 4. The first-order valence-electron chi connectivity index (χ1n) is 10.4. The lowest BCUT2D eigenvalue weighted by Crippen LogP contribution is -2.51. The molecule has 1 saturated heterocycles. The third kappa shape index (κ3) is 6.29. The highest BCUT2D eigenvalue weighted by Crippen LogP contribution is 2.31. The zero-order valence-electron chi connectivity index (χ0n) is 18.2. The fraction of sp³-hybridized carbons (Fsp3) is 0.250. The van der Waals surface area contributed by atoms with Crippen molar-refractivity contribution in [1.82, 2.24) is 15.5 Å². The molecule has 4 amide bonds. The van der Waals surface area contributed by atoms with Crippen molar-refractivity contribution in [3.63, 3.8) is 0 Å². The highest BCUT2D eigenvalue weighted by Gasteiger charge is 2.35. The van der Waals surface area contributed by atoms with Crippen LogP contribution in [-0.4, -0.2) is 47.0 Å². The van der Waals surface area contributed by atoms with Gasteiger partial charge in [0.15, 0.2) is 0 Å². The van der Waals surface area contributed by atoms with Gasteiger partial charge >= 0.3 is 0 Å². The first-order chi connectivity index (χ1) is 15.8. The Hall–Kier alpha value is -3.46. The van der Waals surface area contributed by atoms with Crippen molar-refractivity contribution in [3.05, 3.63) is 76.4 Å². The van der Waals surface area contributed by atoms with E-state index in [0.717, 1.165) is 22.2 Å². The highest BCUT2D eigenvalue weighted by atomic mass is 32.2. The zero-order chi connectivity index (χ0) is 24.0. The Balaban J connectivity index is 1.56. The smallest absolute Gasteiger partial charge is 0.293 e. The zero-order valence-corrected chi connectivity index (χ0v) is 19.0. The summed E-state index contributed by atoms with van der Waals surface area (Å²) in [5.41, 5.74) is 1.05. The number of imide groups is 1. The second-order valence-corrected chi connectivity index (χ2v) is 8.73. The first-order valence-corrected chi connectivity index (χ1v) is 11.2. The maximum atomic E-state index is 13.1. The summed E-state index contributed by atoms with van der Waals surface area (Å²) in [6.45, 7) is 3.62. The Kier molecular flexibility index (Phi) is 8.00. The maximum absolute atomic E-state index is 13.1. The number of hydrogen-bond acceptors (Lipinski definition) is 5. The first kappa shape index (κ1) is 24.2. The van der Waals surface area contributed by atoms with Crippen LogP contribution < -0.4 is 10.6 Å². The normalized spacial score (nSPS) is 15.8. The molecule has 9 heteroatoms. The Morgan fingerprint density at radius 2 is 1.73 bits per heavy atom. The lowest BCUT2D eigenvalue weighted by atomic mass is 10.0. The van der Waals surface area contributed by atoms with Crippen LogP contribution >= 0.6 is 11.8 Å². The minimum Gasteiger partial charge on any atom is -0.353 e. The molecule has 2 aromatic carbocycles. The molecule has 7 nitrogen and oxygen atoms in total. The van der Waals surface area contributed by atoms with Crippen LogP contribution in [0.3, 0.4) is 0 Å². The van der Waals surface area contributed by atoms with Crippen LogP contribution in [0.25, 0.3) is 6.08 Å². The molecular weight excluding hydrogens is 445 g/mol. The quantitative estimate of drug-likeness (QED) is 0.578. The van der Waals surface area contributed by atoms with Crippen molar-refractivity contribution >= 4 is 40.8 Å². The van der Waals surface area contributed by atoms with Gasteiger partial charge in [-0.1, -0.05) is 44.2 Å². The average Bonchev–Trinajstić information content (AvgIpc) is 3.05. The third-order valence-electron chi connectivity index (χ3n) is 4.95. The summed E-state index contributed by atoms with van der Waals surface area (Å²) in [6.07, 6.45) is 1.66. The molecule has 1 unspecified atom stereocenters. The van der Waals surface area contributed by atoms with Crippen molar-refractivity contribution in [2.24, 2.45) is 5.92 Å². The molecule has 2 N–H and O–H groups in total. The predicted molar refractivity (Wildman–Crippen MR) is 125 cm³/mol. The largest absolute Gasteiger partial charge is 0.353 e. The van der Waals surface area contributed by atoms with Crippen LogP contribution in [-0.2, 0) is 9.59 Å². The molecule has 0 radical (unpaired) electrons. The molecule has 33 heavy (non-hydrogen) atoms. The minimum atomic E-state index is -0.838. The van der Waals surface area contributed by atoms with Gasteiger partial charge in [-0.25, -0.2) is 4.39 Å². The highest BCUT2D eigenvalue weighted by molar-refractivity contribution is 8.18. The molecular formula is C24H24FN3O4S. The molecule has 2 aromatic rings. The molecule has 0 aromatic heterocycles. The van der Waals surface area contributed by atoms with Crippen LogP contribution in [0.2, 0.25) is 0 Å². The van der Waals surface area contributed by atoms with Gasteiger partial charge in [-0.15, -0.1) is 0 Å². The second-order valence-electron chi connectivity index (χ2n) is 7.74. The molecule has 0 spiro atoms.